The fourth-order valence-electron chi connectivity index (χ4n) is 1.37. The van der Waals surface area contributed by atoms with Crippen LogP contribution in [0.4, 0.5) is 5.69 Å². The normalized spacial score (nSPS) is 10.0. The largest absolute Gasteiger partial charge is 0.322 e. The van der Waals surface area contributed by atoms with Gasteiger partial charge in [-0.1, -0.05) is 17.7 Å². The first kappa shape index (κ1) is 12.4. The Morgan fingerprint density at radius 2 is 1.82 bits per heavy atom. The minimum absolute atomic E-state index is 0.159. The molecule has 0 spiro atoms. The third-order valence-corrected chi connectivity index (χ3v) is 3.14. The number of carbonyl (C=O) groups is 1. The third-order valence-electron chi connectivity index (χ3n) is 2.19. The number of hydrogen-bond donors (Lipinski definition) is 1. The highest BCUT2D eigenvalue weighted by molar-refractivity contribution is 14.1. The van der Waals surface area contributed by atoms with Gasteiger partial charge >= 0.3 is 0 Å². The lowest BCUT2D eigenvalue weighted by atomic mass is 10.2. The van der Waals surface area contributed by atoms with Gasteiger partial charge in [-0.2, -0.15) is 0 Å². The second-order valence-corrected chi connectivity index (χ2v) is 5.15. The van der Waals surface area contributed by atoms with Crippen molar-refractivity contribution < 1.29 is 4.79 Å². The third kappa shape index (κ3) is 3.44. The maximum Gasteiger partial charge on any atom is 0.255 e. The zero-order valence-electron chi connectivity index (χ0n) is 8.78. The average Bonchev–Trinajstić information content (AvgIpc) is 2.32. The molecule has 2 nitrogen and oxygen atoms in total. The molecule has 1 amide bonds. The fourth-order valence-corrected chi connectivity index (χ4v) is 1.92. The van der Waals surface area contributed by atoms with Crippen LogP contribution in [0.25, 0.3) is 0 Å². The standard InChI is InChI=1S/C13H9ClINO/c14-10-3-1-2-9(8-10)13(17)16-12-6-4-11(15)5-7-12/h1-8H,(H,16,17). The van der Waals surface area contributed by atoms with E-state index in [2.05, 4.69) is 27.9 Å². The zero-order valence-corrected chi connectivity index (χ0v) is 11.7. The monoisotopic (exact) mass is 357 g/mol. The first-order valence-electron chi connectivity index (χ1n) is 4.97. The van der Waals surface area contributed by atoms with Crippen LogP contribution in [0.15, 0.2) is 48.5 Å². The van der Waals surface area contributed by atoms with Crippen LogP contribution in [0.2, 0.25) is 5.02 Å². The number of rotatable bonds is 2. The predicted molar refractivity (Wildman–Crippen MR) is 78.6 cm³/mol. The Hall–Kier alpha value is -1.07. The summed E-state index contributed by atoms with van der Waals surface area (Å²) in [6.45, 7) is 0. The van der Waals surface area contributed by atoms with Crippen molar-refractivity contribution >= 4 is 45.8 Å². The Kier molecular flexibility index (Phi) is 4.02. The molecule has 17 heavy (non-hydrogen) atoms. The predicted octanol–water partition coefficient (Wildman–Crippen LogP) is 4.20. The smallest absolute Gasteiger partial charge is 0.255 e. The SMILES string of the molecule is O=C(Nc1ccc(I)cc1)c1cccc(Cl)c1. The van der Waals surface area contributed by atoms with Crippen LogP contribution in [0.1, 0.15) is 10.4 Å². The molecule has 86 valence electrons. The van der Waals surface area contributed by atoms with Gasteiger partial charge in [0.1, 0.15) is 0 Å². The van der Waals surface area contributed by atoms with Crippen molar-refractivity contribution in [3.05, 3.63) is 62.7 Å². The molecule has 2 rings (SSSR count). The number of nitrogens with one attached hydrogen (secondary N) is 1. The summed E-state index contributed by atoms with van der Waals surface area (Å²) in [5.41, 5.74) is 1.33. The van der Waals surface area contributed by atoms with Crippen LogP contribution in [-0.2, 0) is 0 Å². The van der Waals surface area contributed by atoms with E-state index in [-0.39, 0.29) is 5.91 Å². The minimum Gasteiger partial charge on any atom is -0.322 e. The van der Waals surface area contributed by atoms with Crippen molar-refractivity contribution in [2.75, 3.05) is 5.32 Å². The topological polar surface area (TPSA) is 29.1 Å². The van der Waals surface area contributed by atoms with Crippen LogP contribution in [0, 0.1) is 3.57 Å². The molecule has 0 bridgehead atoms. The van der Waals surface area contributed by atoms with Crippen molar-refractivity contribution in [3.8, 4) is 0 Å². The van der Waals surface area contributed by atoms with E-state index in [1.54, 1.807) is 24.3 Å². The van der Waals surface area contributed by atoms with Gasteiger partial charge in [0, 0.05) is 19.8 Å². The second kappa shape index (κ2) is 5.51. The van der Waals surface area contributed by atoms with Crippen molar-refractivity contribution in [3.63, 3.8) is 0 Å². The molecule has 4 heteroatoms. The molecular weight excluding hydrogens is 349 g/mol. The molecule has 0 unspecified atom stereocenters. The Labute approximate surface area is 118 Å². The van der Waals surface area contributed by atoms with Gasteiger partial charge in [0.2, 0.25) is 0 Å². The molecule has 0 radical (unpaired) electrons. The minimum atomic E-state index is -0.159. The number of halogens is 2. The quantitative estimate of drug-likeness (QED) is 0.802. The van der Waals surface area contributed by atoms with E-state index in [0.717, 1.165) is 9.26 Å². The van der Waals surface area contributed by atoms with Crippen LogP contribution in [0.3, 0.4) is 0 Å². The number of hydrogen-bond acceptors (Lipinski definition) is 1. The summed E-state index contributed by atoms with van der Waals surface area (Å²) < 4.78 is 1.13. The summed E-state index contributed by atoms with van der Waals surface area (Å²) in [5, 5.41) is 3.37. The van der Waals surface area contributed by atoms with Gasteiger partial charge in [0.05, 0.1) is 0 Å². The molecule has 0 aliphatic carbocycles. The van der Waals surface area contributed by atoms with Crippen LogP contribution >= 0.6 is 34.2 Å². The molecule has 0 aliphatic rings. The fraction of sp³-hybridized carbons (Fsp3) is 0. The lowest BCUT2D eigenvalue weighted by Gasteiger charge is -2.05. The number of anilines is 1. The summed E-state index contributed by atoms with van der Waals surface area (Å²) in [6, 6.07) is 14.5. The van der Waals surface area contributed by atoms with Crippen LogP contribution < -0.4 is 5.32 Å². The maximum atomic E-state index is 11.9. The van der Waals surface area contributed by atoms with Gasteiger partial charge in [0.15, 0.2) is 0 Å². The van der Waals surface area contributed by atoms with Gasteiger partial charge < -0.3 is 5.32 Å². The van der Waals surface area contributed by atoms with Gasteiger partial charge in [-0.3, -0.25) is 4.79 Å². The van der Waals surface area contributed by atoms with Crippen molar-refractivity contribution in [2.45, 2.75) is 0 Å². The molecule has 0 heterocycles. The Morgan fingerprint density at radius 1 is 1.12 bits per heavy atom. The second-order valence-electron chi connectivity index (χ2n) is 3.47. The van der Waals surface area contributed by atoms with E-state index >= 15 is 0 Å². The summed E-state index contributed by atoms with van der Waals surface area (Å²) >= 11 is 8.05. The maximum absolute atomic E-state index is 11.9. The highest BCUT2D eigenvalue weighted by Gasteiger charge is 2.05. The van der Waals surface area contributed by atoms with Crippen molar-refractivity contribution in [1.29, 1.82) is 0 Å². The zero-order chi connectivity index (χ0) is 12.3. The Bertz CT molecular complexity index is 539. The van der Waals surface area contributed by atoms with Gasteiger partial charge in [0.25, 0.3) is 5.91 Å². The molecule has 2 aromatic carbocycles. The number of carbonyl (C=O) groups excluding carboxylic acids is 1. The Balaban J connectivity index is 2.14. The van der Waals surface area contributed by atoms with Crippen molar-refractivity contribution in [1.82, 2.24) is 0 Å². The first-order chi connectivity index (χ1) is 8.15. The van der Waals surface area contributed by atoms with Crippen molar-refractivity contribution in [2.24, 2.45) is 0 Å². The molecule has 0 atom stereocenters. The first-order valence-corrected chi connectivity index (χ1v) is 6.43. The van der Waals surface area contributed by atoms with E-state index < -0.39 is 0 Å². The molecule has 0 aliphatic heterocycles. The average molecular weight is 358 g/mol. The van der Waals surface area contributed by atoms with E-state index in [1.165, 1.54) is 0 Å². The molecule has 0 fully saturated rings. The van der Waals surface area contributed by atoms with E-state index in [4.69, 9.17) is 11.6 Å². The lowest BCUT2D eigenvalue weighted by Crippen LogP contribution is -2.11. The van der Waals surface area contributed by atoms with E-state index in [9.17, 15) is 4.79 Å². The van der Waals surface area contributed by atoms with E-state index in [1.807, 2.05) is 24.3 Å². The molecule has 1 N–H and O–H groups in total. The highest BCUT2D eigenvalue weighted by Crippen LogP contribution is 2.14. The van der Waals surface area contributed by atoms with Crippen LogP contribution in [-0.4, -0.2) is 5.91 Å². The molecule has 0 saturated carbocycles. The van der Waals surface area contributed by atoms with Gasteiger partial charge in [-0.15, -0.1) is 0 Å². The molecule has 0 aromatic heterocycles. The summed E-state index contributed by atoms with van der Waals surface area (Å²) in [5.74, 6) is -0.159. The number of benzene rings is 2. The highest BCUT2D eigenvalue weighted by atomic mass is 127. The van der Waals surface area contributed by atoms with E-state index in [0.29, 0.717) is 10.6 Å². The molecule has 2 aromatic rings. The van der Waals surface area contributed by atoms with Gasteiger partial charge in [-0.05, 0) is 65.1 Å². The summed E-state index contributed by atoms with van der Waals surface area (Å²) in [4.78, 5) is 11.9. The van der Waals surface area contributed by atoms with Crippen LogP contribution in [0.5, 0.6) is 0 Å². The molecular formula is C13H9ClINO. The molecule has 0 saturated heterocycles. The summed E-state index contributed by atoms with van der Waals surface area (Å²) in [7, 11) is 0. The van der Waals surface area contributed by atoms with Gasteiger partial charge in [-0.25, -0.2) is 0 Å². The summed E-state index contributed by atoms with van der Waals surface area (Å²) in [6.07, 6.45) is 0. The Morgan fingerprint density at radius 3 is 2.47 bits per heavy atom. The number of amides is 1. The lowest BCUT2D eigenvalue weighted by molar-refractivity contribution is 0.102.